The van der Waals surface area contributed by atoms with Gasteiger partial charge in [0, 0.05) is 36.4 Å². The maximum Gasteiger partial charge on any atom is 0.389 e. The van der Waals surface area contributed by atoms with E-state index in [4.69, 9.17) is 0 Å². The fourth-order valence-electron chi connectivity index (χ4n) is 3.41. The Morgan fingerprint density at radius 1 is 1.06 bits per heavy atom. The van der Waals surface area contributed by atoms with Gasteiger partial charge in [0.05, 0.1) is 24.0 Å². The van der Waals surface area contributed by atoms with Crippen LogP contribution in [0.15, 0.2) is 61.1 Å². The van der Waals surface area contributed by atoms with Gasteiger partial charge in [0.25, 0.3) is 0 Å². The number of halogens is 3. The number of alkyl halides is 3. The number of aryl methyl sites for hydroxylation is 1. The predicted molar refractivity (Wildman–Crippen MR) is 110 cm³/mol. The van der Waals surface area contributed by atoms with Crippen molar-refractivity contribution in [2.24, 2.45) is 0 Å². The van der Waals surface area contributed by atoms with Gasteiger partial charge in [-0.2, -0.15) is 13.2 Å². The standard InChI is InChI=1S/C23H19F3N4O/c1-15-27-9-6-20(29-15)17-7-10-30-21(14-28-22(30)13-17)18-4-2-3-16(11-18)12-19(31)5-8-23(24,25)26/h2-4,6-7,9-11,13-14H,5,8,12H2,1H3. The summed E-state index contributed by atoms with van der Waals surface area (Å²) in [5.41, 5.74) is 4.78. The molecule has 0 spiro atoms. The summed E-state index contributed by atoms with van der Waals surface area (Å²) in [6.07, 6.45) is -0.613. The van der Waals surface area contributed by atoms with E-state index in [2.05, 4.69) is 15.0 Å². The third-order valence-corrected chi connectivity index (χ3v) is 4.90. The van der Waals surface area contributed by atoms with Crippen molar-refractivity contribution in [2.45, 2.75) is 32.4 Å². The topological polar surface area (TPSA) is 60.2 Å². The average molecular weight is 424 g/mol. The molecule has 0 atom stereocenters. The first-order chi connectivity index (χ1) is 14.8. The Kier molecular flexibility index (Phi) is 5.54. The molecule has 1 aromatic carbocycles. The lowest BCUT2D eigenvalue weighted by atomic mass is 10.0. The number of Topliss-reactive ketones (excluding diaryl/α,β-unsaturated/α-hetero) is 1. The molecule has 0 unspecified atom stereocenters. The molecule has 0 amide bonds. The summed E-state index contributed by atoms with van der Waals surface area (Å²) in [5.74, 6) is 0.250. The number of benzene rings is 1. The van der Waals surface area contributed by atoms with Crippen LogP contribution in [0.2, 0.25) is 0 Å². The third kappa shape index (κ3) is 4.96. The van der Waals surface area contributed by atoms with Crippen molar-refractivity contribution in [1.29, 1.82) is 0 Å². The van der Waals surface area contributed by atoms with Gasteiger partial charge < -0.3 is 0 Å². The fraction of sp³-hybridized carbons (Fsp3) is 0.217. The Balaban J connectivity index is 1.58. The number of fused-ring (bicyclic) bond motifs is 1. The Hall–Kier alpha value is -3.55. The lowest BCUT2D eigenvalue weighted by molar-refractivity contribution is -0.143. The number of carbonyl (C=O) groups excluding carboxylic acids is 1. The van der Waals surface area contributed by atoms with Gasteiger partial charge in [0.1, 0.15) is 17.3 Å². The largest absolute Gasteiger partial charge is 0.389 e. The van der Waals surface area contributed by atoms with Gasteiger partial charge >= 0.3 is 6.18 Å². The maximum atomic E-state index is 12.3. The highest BCUT2D eigenvalue weighted by Crippen LogP contribution is 2.26. The molecule has 0 aliphatic rings. The molecule has 0 radical (unpaired) electrons. The lowest BCUT2D eigenvalue weighted by Crippen LogP contribution is -2.12. The number of hydrogen-bond acceptors (Lipinski definition) is 4. The van der Waals surface area contributed by atoms with Gasteiger partial charge in [-0.3, -0.25) is 9.20 Å². The van der Waals surface area contributed by atoms with Crippen LogP contribution in [0.25, 0.3) is 28.2 Å². The average Bonchev–Trinajstić information content (AvgIpc) is 3.15. The monoisotopic (exact) mass is 424 g/mol. The minimum Gasteiger partial charge on any atom is -0.300 e. The van der Waals surface area contributed by atoms with E-state index in [0.717, 1.165) is 28.2 Å². The smallest absolute Gasteiger partial charge is 0.300 e. The first-order valence-electron chi connectivity index (χ1n) is 9.73. The van der Waals surface area contributed by atoms with Gasteiger partial charge in [-0.15, -0.1) is 0 Å². The molecule has 0 aliphatic carbocycles. The number of pyridine rings is 1. The molecule has 0 saturated heterocycles. The molecule has 0 N–H and O–H groups in total. The molecule has 3 heterocycles. The first-order valence-corrected chi connectivity index (χ1v) is 9.73. The summed E-state index contributed by atoms with van der Waals surface area (Å²) >= 11 is 0. The molecule has 0 aliphatic heterocycles. The van der Waals surface area contributed by atoms with Gasteiger partial charge in [0.2, 0.25) is 0 Å². The molecule has 4 rings (SSSR count). The van der Waals surface area contributed by atoms with E-state index >= 15 is 0 Å². The third-order valence-electron chi connectivity index (χ3n) is 4.90. The second kappa shape index (κ2) is 8.29. The number of carbonyl (C=O) groups is 1. The second-order valence-electron chi connectivity index (χ2n) is 7.31. The Bertz CT molecular complexity index is 1250. The zero-order chi connectivity index (χ0) is 22.0. The highest BCUT2D eigenvalue weighted by Gasteiger charge is 2.27. The van der Waals surface area contributed by atoms with Crippen molar-refractivity contribution in [3.8, 4) is 22.5 Å². The molecular formula is C23H19F3N4O. The van der Waals surface area contributed by atoms with E-state index in [1.54, 1.807) is 24.5 Å². The summed E-state index contributed by atoms with van der Waals surface area (Å²) in [7, 11) is 0. The normalized spacial score (nSPS) is 11.7. The van der Waals surface area contributed by atoms with Crippen molar-refractivity contribution in [2.75, 3.05) is 0 Å². The Morgan fingerprint density at radius 3 is 2.68 bits per heavy atom. The highest BCUT2D eigenvalue weighted by atomic mass is 19.4. The van der Waals surface area contributed by atoms with Crippen LogP contribution in [-0.2, 0) is 11.2 Å². The van der Waals surface area contributed by atoms with Crippen LogP contribution in [0.3, 0.4) is 0 Å². The Morgan fingerprint density at radius 2 is 1.90 bits per heavy atom. The molecule has 158 valence electrons. The number of nitrogens with zero attached hydrogens (tertiary/aromatic N) is 4. The Labute approximate surface area is 176 Å². The number of hydrogen-bond donors (Lipinski definition) is 0. The van der Waals surface area contributed by atoms with Crippen LogP contribution in [-0.4, -0.2) is 31.3 Å². The second-order valence-corrected chi connectivity index (χ2v) is 7.31. The summed E-state index contributed by atoms with van der Waals surface area (Å²) in [5, 5.41) is 0. The molecule has 3 aromatic heterocycles. The maximum absolute atomic E-state index is 12.3. The SMILES string of the molecule is Cc1nccc(-c2ccn3c(-c4cccc(CC(=O)CCC(F)(F)F)c4)cnc3c2)n1. The van der Waals surface area contributed by atoms with Crippen molar-refractivity contribution in [3.63, 3.8) is 0 Å². The highest BCUT2D eigenvalue weighted by molar-refractivity contribution is 5.81. The summed E-state index contributed by atoms with van der Waals surface area (Å²) in [4.78, 5) is 25.0. The fourth-order valence-corrected chi connectivity index (χ4v) is 3.41. The minimum absolute atomic E-state index is 0.0299. The van der Waals surface area contributed by atoms with Gasteiger partial charge in [-0.1, -0.05) is 18.2 Å². The minimum atomic E-state index is -4.32. The summed E-state index contributed by atoms with van der Waals surface area (Å²) in [6, 6.07) is 12.9. The number of imidazole rings is 1. The van der Waals surface area contributed by atoms with E-state index in [1.807, 2.05) is 47.9 Å². The van der Waals surface area contributed by atoms with E-state index in [-0.39, 0.29) is 6.42 Å². The summed E-state index contributed by atoms with van der Waals surface area (Å²) < 4.78 is 38.9. The van der Waals surface area contributed by atoms with Crippen molar-refractivity contribution < 1.29 is 18.0 Å². The van der Waals surface area contributed by atoms with Crippen molar-refractivity contribution in [3.05, 3.63) is 72.4 Å². The number of aromatic nitrogens is 4. The van der Waals surface area contributed by atoms with Crippen LogP contribution in [0.1, 0.15) is 24.2 Å². The van der Waals surface area contributed by atoms with Gasteiger partial charge in [-0.05, 0) is 36.8 Å². The van der Waals surface area contributed by atoms with E-state index in [0.29, 0.717) is 11.4 Å². The van der Waals surface area contributed by atoms with Crippen LogP contribution < -0.4 is 0 Å². The molecule has 8 heteroatoms. The molecule has 0 bridgehead atoms. The molecule has 4 aromatic rings. The summed E-state index contributed by atoms with van der Waals surface area (Å²) in [6.45, 7) is 1.83. The van der Waals surface area contributed by atoms with Crippen LogP contribution >= 0.6 is 0 Å². The quantitative estimate of drug-likeness (QED) is 0.426. The first kappa shape index (κ1) is 20.7. The van der Waals surface area contributed by atoms with E-state index < -0.39 is 24.8 Å². The molecular weight excluding hydrogens is 405 g/mol. The number of rotatable bonds is 6. The van der Waals surface area contributed by atoms with Gasteiger partial charge in [-0.25, -0.2) is 15.0 Å². The van der Waals surface area contributed by atoms with Crippen molar-refractivity contribution in [1.82, 2.24) is 19.4 Å². The van der Waals surface area contributed by atoms with E-state index in [1.165, 1.54) is 0 Å². The number of ketones is 1. The van der Waals surface area contributed by atoms with Gasteiger partial charge in [0.15, 0.2) is 0 Å². The molecule has 5 nitrogen and oxygen atoms in total. The molecule has 31 heavy (non-hydrogen) atoms. The zero-order valence-corrected chi connectivity index (χ0v) is 16.7. The van der Waals surface area contributed by atoms with Crippen molar-refractivity contribution >= 4 is 11.4 Å². The molecule has 0 saturated carbocycles. The lowest BCUT2D eigenvalue weighted by Gasteiger charge is -2.08. The van der Waals surface area contributed by atoms with Crippen LogP contribution in [0.4, 0.5) is 13.2 Å². The van der Waals surface area contributed by atoms with E-state index in [9.17, 15) is 18.0 Å². The van der Waals surface area contributed by atoms with Crippen LogP contribution in [0.5, 0.6) is 0 Å². The zero-order valence-electron chi connectivity index (χ0n) is 16.7. The predicted octanol–water partition coefficient (Wildman–Crippen LogP) is 5.22. The van der Waals surface area contributed by atoms with Crippen LogP contribution in [0, 0.1) is 6.92 Å². The molecule has 0 fully saturated rings.